The van der Waals surface area contributed by atoms with Gasteiger partial charge in [-0.15, -0.1) is 0 Å². The molecule has 1 saturated heterocycles. The summed E-state index contributed by atoms with van der Waals surface area (Å²) in [5.41, 5.74) is 0. The monoisotopic (exact) mass is 242 g/mol. The molecule has 0 spiro atoms. The minimum Gasteiger partial charge on any atom is -0.462 e. The number of carbonyl (C=O) groups is 1. The Bertz CT molecular complexity index is 225. The van der Waals surface area contributed by atoms with E-state index in [9.17, 15) is 4.79 Å². The standard InChI is InChI=1S/C13H26N2O2/c1-4-15(10-13(16)17-11(2)3)9-12-6-5-7-14-8-12/h11-12,14H,4-10H2,1-3H3. The summed E-state index contributed by atoms with van der Waals surface area (Å²) in [7, 11) is 0. The van der Waals surface area contributed by atoms with Crippen molar-refractivity contribution in [3.05, 3.63) is 0 Å². The van der Waals surface area contributed by atoms with Gasteiger partial charge in [0, 0.05) is 6.54 Å². The Kier molecular flexibility index (Phi) is 6.52. The van der Waals surface area contributed by atoms with Gasteiger partial charge in [-0.3, -0.25) is 9.69 Å². The Labute approximate surface area is 105 Å². The van der Waals surface area contributed by atoms with Crippen molar-refractivity contribution in [2.24, 2.45) is 5.92 Å². The van der Waals surface area contributed by atoms with Crippen LogP contribution in [0.3, 0.4) is 0 Å². The number of likely N-dealkylation sites (N-methyl/N-ethyl adjacent to an activating group) is 1. The largest absolute Gasteiger partial charge is 0.462 e. The second-order valence-electron chi connectivity index (χ2n) is 5.08. The van der Waals surface area contributed by atoms with Gasteiger partial charge in [-0.1, -0.05) is 6.92 Å². The van der Waals surface area contributed by atoms with Crippen LogP contribution in [0.25, 0.3) is 0 Å². The van der Waals surface area contributed by atoms with E-state index in [-0.39, 0.29) is 12.1 Å². The lowest BCUT2D eigenvalue weighted by Gasteiger charge is -2.28. The van der Waals surface area contributed by atoms with E-state index in [1.54, 1.807) is 0 Å². The molecule has 0 amide bonds. The van der Waals surface area contributed by atoms with Gasteiger partial charge in [0.15, 0.2) is 0 Å². The summed E-state index contributed by atoms with van der Waals surface area (Å²) in [4.78, 5) is 13.8. The van der Waals surface area contributed by atoms with Crippen molar-refractivity contribution in [1.29, 1.82) is 0 Å². The van der Waals surface area contributed by atoms with Gasteiger partial charge >= 0.3 is 5.97 Å². The molecule has 1 heterocycles. The molecule has 1 unspecified atom stereocenters. The average Bonchev–Trinajstić information content (AvgIpc) is 2.28. The van der Waals surface area contributed by atoms with Crippen LogP contribution in [0.15, 0.2) is 0 Å². The van der Waals surface area contributed by atoms with E-state index in [0.717, 1.165) is 26.2 Å². The zero-order valence-electron chi connectivity index (χ0n) is 11.4. The van der Waals surface area contributed by atoms with Crippen LogP contribution in [-0.4, -0.2) is 49.7 Å². The molecule has 0 aromatic carbocycles. The van der Waals surface area contributed by atoms with Gasteiger partial charge in [-0.05, 0) is 52.2 Å². The minimum atomic E-state index is -0.106. The topological polar surface area (TPSA) is 41.6 Å². The first-order chi connectivity index (χ1) is 8.11. The second kappa shape index (κ2) is 7.67. The summed E-state index contributed by atoms with van der Waals surface area (Å²) < 4.78 is 5.18. The molecule has 0 saturated carbocycles. The van der Waals surface area contributed by atoms with Crippen LogP contribution in [0.2, 0.25) is 0 Å². The van der Waals surface area contributed by atoms with Crippen molar-refractivity contribution in [3.63, 3.8) is 0 Å². The lowest BCUT2D eigenvalue weighted by molar-refractivity contribution is -0.148. The third-order valence-electron chi connectivity index (χ3n) is 3.08. The van der Waals surface area contributed by atoms with Crippen LogP contribution >= 0.6 is 0 Å². The number of carbonyl (C=O) groups excluding carboxylic acids is 1. The molecule has 1 aliphatic heterocycles. The van der Waals surface area contributed by atoms with Gasteiger partial charge in [0.2, 0.25) is 0 Å². The fourth-order valence-electron chi connectivity index (χ4n) is 2.23. The Balaban J connectivity index is 2.29. The smallest absolute Gasteiger partial charge is 0.320 e. The molecule has 0 aromatic heterocycles. The van der Waals surface area contributed by atoms with Crippen LogP contribution in [0, 0.1) is 5.92 Å². The molecule has 100 valence electrons. The van der Waals surface area contributed by atoms with E-state index >= 15 is 0 Å². The fraction of sp³-hybridized carbons (Fsp3) is 0.923. The average molecular weight is 242 g/mol. The van der Waals surface area contributed by atoms with Gasteiger partial charge in [-0.2, -0.15) is 0 Å². The number of esters is 1. The predicted octanol–water partition coefficient (Wildman–Crippen LogP) is 1.26. The molecule has 4 heteroatoms. The molecule has 0 radical (unpaired) electrons. The summed E-state index contributed by atoms with van der Waals surface area (Å²) in [6, 6.07) is 0. The van der Waals surface area contributed by atoms with Crippen molar-refractivity contribution < 1.29 is 9.53 Å². The van der Waals surface area contributed by atoms with E-state index in [1.165, 1.54) is 12.8 Å². The van der Waals surface area contributed by atoms with E-state index in [1.807, 2.05) is 13.8 Å². The lowest BCUT2D eigenvalue weighted by atomic mass is 9.99. The molecule has 1 rings (SSSR count). The van der Waals surface area contributed by atoms with E-state index in [4.69, 9.17) is 4.74 Å². The number of nitrogens with zero attached hydrogens (tertiary/aromatic N) is 1. The molecular formula is C13H26N2O2. The molecule has 1 atom stereocenters. The summed E-state index contributed by atoms with van der Waals surface area (Å²) >= 11 is 0. The summed E-state index contributed by atoms with van der Waals surface area (Å²) in [5, 5.41) is 3.41. The maximum Gasteiger partial charge on any atom is 0.320 e. The van der Waals surface area contributed by atoms with Gasteiger partial charge < -0.3 is 10.1 Å². The Hall–Kier alpha value is -0.610. The first-order valence-electron chi connectivity index (χ1n) is 6.74. The Morgan fingerprint density at radius 2 is 2.29 bits per heavy atom. The molecule has 4 nitrogen and oxygen atoms in total. The third-order valence-corrected chi connectivity index (χ3v) is 3.08. The van der Waals surface area contributed by atoms with Gasteiger partial charge in [0.1, 0.15) is 0 Å². The number of nitrogens with one attached hydrogen (secondary N) is 1. The normalized spacial score (nSPS) is 20.9. The summed E-state index contributed by atoms with van der Waals surface area (Å²) in [6.45, 7) is 10.4. The SMILES string of the molecule is CCN(CC(=O)OC(C)C)CC1CCCNC1. The molecule has 1 N–H and O–H groups in total. The van der Waals surface area contributed by atoms with Gasteiger partial charge in [0.25, 0.3) is 0 Å². The Morgan fingerprint density at radius 3 is 2.82 bits per heavy atom. The first-order valence-corrected chi connectivity index (χ1v) is 6.74. The highest BCUT2D eigenvalue weighted by Gasteiger charge is 2.18. The highest BCUT2D eigenvalue weighted by atomic mass is 16.5. The van der Waals surface area contributed by atoms with Crippen LogP contribution in [0.4, 0.5) is 0 Å². The van der Waals surface area contributed by atoms with Crippen LogP contribution in [0.5, 0.6) is 0 Å². The van der Waals surface area contributed by atoms with Crippen molar-refractivity contribution in [1.82, 2.24) is 10.2 Å². The molecule has 1 aliphatic rings. The number of hydrogen-bond acceptors (Lipinski definition) is 4. The Morgan fingerprint density at radius 1 is 1.53 bits per heavy atom. The molecule has 17 heavy (non-hydrogen) atoms. The maximum absolute atomic E-state index is 11.6. The predicted molar refractivity (Wildman–Crippen MR) is 68.9 cm³/mol. The lowest BCUT2D eigenvalue weighted by Crippen LogP contribution is -2.40. The van der Waals surface area contributed by atoms with E-state index < -0.39 is 0 Å². The number of ether oxygens (including phenoxy) is 1. The number of hydrogen-bond donors (Lipinski definition) is 1. The van der Waals surface area contributed by atoms with Gasteiger partial charge in [0.05, 0.1) is 12.6 Å². The first kappa shape index (κ1) is 14.5. The van der Waals surface area contributed by atoms with E-state index in [2.05, 4.69) is 17.1 Å². The molecule has 1 fully saturated rings. The minimum absolute atomic E-state index is 0.0162. The third kappa shape index (κ3) is 6.03. The highest BCUT2D eigenvalue weighted by Crippen LogP contribution is 2.11. The van der Waals surface area contributed by atoms with Crippen molar-refractivity contribution in [3.8, 4) is 0 Å². The van der Waals surface area contributed by atoms with E-state index in [0.29, 0.717) is 12.5 Å². The van der Waals surface area contributed by atoms with Crippen LogP contribution in [-0.2, 0) is 9.53 Å². The highest BCUT2D eigenvalue weighted by molar-refractivity contribution is 5.71. The van der Waals surface area contributed by atoms with Crippen LogP contribution in [0.1, 0.15) is 33.6 Å². The summed E-state index contributed by atoms with van der Waals surface area (Å²) in [6.07, 6.45) is 2.50. The maximum atomic E-state index is 11.6. The second-order valence-corrected chi connectivity index (χ2v) is 5.08. The zero-order chi connectivity index (χ0) is 12.7. The van der Waals surface area contributed by atoms with Crippen molar-refractivity contribution in [2.45, 2.75) is 39.7 Å². The molecule has 0 aliphatic carbocycles. The quantitative estimate of drug-likeness (QED) is 0.712. The van der Waals surface area contributed by atoms with Gasteiger partial charge in [-0.25, -0.2) is 0 Å². The van der Waals surface area contributed by atoms with Crippen LogP contribution < -0.4 is 5.32 Å². The molecular weight excluding hydrogens is 216 g/mol. The molecule has 0 aromatic rings. The molecule has 0 bridgehead atoms. The van der Waals surface area contributed by atoms with Crippen molar-refractivity contribution >= 4 is 5.97 Å². The number of piperidine rings is 1. The van der Waals surface area contributed by atoms with Crippen molar-refractivity contribution in [2.75, 3.05) is 32.7 Å². The number of rotatable bonds is 6. The summed E-state index contributed by atoms with van der Waals surface area (Å²) in [5.74, 6) is 0.571. The zero-order valence-corrected chi connectivity index (χ0v) is 11.4. The fourth-order valence-corrected chi connectivity index (χ4v) is 2.23.